The third kappa shape index (κ3) is 4.41. The van der Waals surface area contributed by atoms with Crippen LogP contribution in [-0.2, 0) is 16.6 Å². The minimum Gasteiger partial charge on any atom is -0.497 e. The number of Topliss-reactive ketones (excluding diaryl/α,β-unsaturated/α-hetero) is 1. The van der Waals surface area contributed by atoms with Gasteiger partial charge < -0.3 is 4.74 Å². The molecule has 1 unspecified atom stereocenters. The van der Waals surface area contributed by atoms with E-state index < -0.39 is 0 Å². The highest BCUT2D eigenvalue weighted by Crippen LogP contribution is 2.37. The zero-order valence-corrected chi connectivity index (χ0v) is 17.2. The van der Waals surface area contributed by atoms with Crippen molar-refractivity contribution in [1.29, 1.82) is 0 Å². The first-order valence-corrected chi connectivity index (χ1v) is 9.76. The van der Waals surface area contributed by atoms with Crippen LogP contribution in [0.25, 0.3) is 0 Å². The first-order chi connectivity index (χ1) is 12.8. The molecule has 1 aliphatic heterocycles. The number of likely N-dealkylation sites (tertiary alicyclic amines) is 1. The van der Waals surface area contributed by atoms with Crippen LogP contribution in [0.3, 0.4) is 0 Å². The quantitative estimate of drug-likeness (QED) is 0.762. The highest BCUT2D eigenvalue weighted by Gasteiger charge is 2.39. The van der Waals surface area contributed by atoms with Gasteiger partial charge in [-0.05, 0) is 54.1 Å². The third-order valence-corrected chi connectivity index (χ3v) is 5.70. The lowest BCUT2D eigenvalue weighted by Crippen LogP contribution is -2.22. The number of rotatable bonds is 5. The molecule has 144 valence electrons. The predicted octanol–water partition coefficient (Wildman–Crippen LogP) is 4.80. The van der Waals surface area contributed by atoms with Crippen molar-refractivity contribution in [3.8, 4) is 5.75 Å². The lowest BCUT2D eigenvalue weighted by atomic mass is 9.84. The molecule has 1 aliphatic rings. The average Bonchev–Trinajstić information content (AvgIpc) is 2.93. The van der Waals surface area contributed by atoms with E-state index in [1.165, 1.54) is 16.7 Å². The van der Waals surface area contributed by atoms with Gasteiger partial charge in [-0.3, -0.25) is 9.69 Å². The minimum atomic E-state index is 0.0533. The molecule has 2 aromatic rings. The van der Waals surface area contributed by atoms with Gasteiger partial charge >= 0.3 is 0 Å². The standard InChI is InChI=1S/C24H31NO2/c1-24(2,3)19-11-9-18(10-12-19)23-21(22(26)16-25(23)4)15-8-17-6-13-20(27-5)14-7-17/h6-7,9-14,21,23H,8,15-16H2,1-5H3/t21?,23-/m1/s1. The molecule has 1 saturated heterocycles. The first-order valence-electron chi connectivity index (χ1n) is 9.76. The Morgan fingerprint density at radius 1 is 1.04 bits per heavy atom. The molecule has 2 atom stereocenters. The second-order valence-electron chi connectivity index (χ2n) is 8.69. The molecule has 0 N–H and O–H groups in total. The van der Waals surface area contributed by atoms with E-state index >= 15 is 0 Å². The summed E-state index contributed by atoms with van der Waals surface area (Å²) >= 11 is 0. The molecule has 0 saturated carbocycles. The van der Waals surface area contributed by atoms with Gasteiger partial charge in [-0.15, -0.1) is 0 Å². The van der Waals surface area contributed by atoms with E-state index in [0.29, 0.717) is 12.3 Å². The number of ether oxygens (including phenoxy) is 1. The number of carbonyl (C=O) groups excluding carboxylic acids is 1. The molecule has 3 heteroatoms. The Bertz CT molecular complexity index is 772. The summed E-state index contributed by atoms with van der Waals surface area (Å²) in [5, 5.41) is 0. The maximum Gasteiger partial charge on any atom is 0.151 e. The Balaban J connectivity index is 1.75. The predicted molar refractivity (Wildman–Crippen MR) is 110 cm³/mol. The lowest BCUT2D eigenvalue weighted by molar-refractivity contribution is -0.120. The van der Waals surface area contributed by atoms with Crippen LogP contribution in [0, 0.1) is 5.92 Å². The molecule has 0 amide bonds. The maximum absolute atomic E-state index is 12.7. The summed E-state index contributed by atoms with van der Waals surface area (Å²) in [6, 6.07) is 17.2. The van der Waals surface area contributed by atoms with E-state index in [1.54, 1.807) is 7.11 Å². The Hall–Kier alpha value is -2.13. The van der Waals surface area contributed by atoms with Crippen LogP contribution in [0.5, 0.6) is 5.75 Å². The van der Waals surface area contributed by atoms with Crippen molar-refractivity contribution in [3.63, 3.8) is 0 Å². The Kier molecular flexibility index (Phi) is 5.71. The van der Waals surface area contributed by atoms with E-state index in [-0.39, 0.29) is 17.4 Å². The third-order valence-electron chi connectivity index (χ3n) is 5.70. The number of ketones is 1. The Morgan fingerprint density at radius 3 is 2.22 bits per heavy atom. The van der Waals surface area contributed by atoms with E-state index in [9.17, 15) is 4.79 Å². The molecule has 3 nitrogen and oxygen atoms in total. The Labute approximate surface area is 163 Å². The minimum absolute atomic E-state index is 0.0533. The van der Waals surface area contributed by atoms with Crippen LogP contribution in [0.1, 0.15) is 49.9 Å². The van der Waals surface area contributed by atoms with E-state index in [2.05, 4.69) is 69.1 Å². The molecule has 2 aromatic carbocycles. The molecule has 3 rings (SSSR count). The van der Waals surface area contributed by atoms with Crippen LogP contribution in [0.2, 0.25) is 0 Å². The van der Waals surface area contributed by atoms with Crippen LogP contribution in [0.15, 0.2) is 48.5 Å². The summed E-state index contributed by atoms with van der Waals surface area (Å²) in [7, 11) is 3.74. The Morgan fingerprint density at radius 2 is 1.67 bits per heavy atom. The zero-order valence-electron chi connectivity index (χ0n) is 17.2. The molecule has 0 aromatic heterocycles. The second-order valence-corrected chi connectivity index (χ2v) is 8.69. The van der Waals surface area contributed by atoms with Crippen molar-refractivity contribution in [3.05, 3.63) is 65.2 Å². The molecular formula is C24H31NO2. The molecule has 1 heterocycles. The number of aryl methyl sites for hydroxylation is 1. The number of hydrogen-bond donors (Lipinski definition) is 0. The molecule has 0 spiro atoms. The fourth-order valence-electron chi connectivity index (χ4n) is 4.04. The van der Waals surface area contributed by atoms with Gasteiger partial charge in [0.1, 0.15) is 5.75 Å². The highest BCUT2D eigenvalue weighted by molar-refractivity contribution is 5.86. The van der Waals surface area contributed by atoms with Crippen molar-refractivity contribution >= 4 is 5.78 Å². The normalized spacial score (nSPS) is 20.9. The van der Waals surface area contributed by atoms with Crippen LogP contribution in [-0.4, -0.2) is 31.4 Å². The fraction of sp³-hybridized carbons (Fsp3) is 0.458. The second kappa shape index (κ2) is 7.85. The van der Waals surface area contributed by atoms with E-state index in [1.807, 2.05) is 12.1 Å². The van der Waals surface area contributed by atoms with Crippen LogP contribution < -0.4 is 4.74 Å². The topological polar surface area (TPSA) is 29.5 Å². The van der Waals surface area contributed by atoms with Crippen molar-refractivity contribution in [1.82, 2.24) is 4.90 Å². The largest absolute Gasteiger partial charge is 0.497 e. The van der Waals surface area contributed by atoms with Gasteiger partial charge in [0.2, 0.25) is 0 Å². The SMILES string of the molecule is COc1ccc(CCC2C(=O)CN(C)[C@@H]2c2ccc(C(C)(C)C)cc2)cc1. The lowest BCUT2D eigenvalue weighted by Gasteiger charge is -2.26. The molecule has 1 fully saturated rings. The van der Waals surface area contributed by atoms with E-state index in [0.717, 1.165) is 18.6 Å². The number of likely N-dealkylation sites (N-methyl/N-ethyl adjacent to an activating group) is 1. The van der Waals surface area contributed by atoms with Crippen molar-refractivity contribution in [2.75, 3.05) is 20.7 Å². The van der Waals surface area contributed by atoms with Gasteiger partial charge in [0.25, 0.3) is 0 Å². The fourth-order valence-corrected chi connectivity index (χ4v) is 4.04. The summed E-state index contributed by atoms with van der Waals surface area (Å²) in [5.41, 5.74) is 3.97. The summed E-state index contributed by atoms with van der Waals surface area (Å²) in [4.78, 5) is 14.9. The van der Waals surface area contributed by atoms with Crippen molar-refractivity contribution < 1.29 is 9.53 Å². The maximum atomic E-state index is 12.7. The molecule has 0 radical (unpaired) electrons. The van der Waals surface area contributed by atoms with Crippen LogP contribution in [0.4, 0.5) is 0 Å². The average molecular weight is 366 g/mol. The summed E-state index contributed by atoms with van der Waals surface area (Å²) in [5.74, 6) is 1.28. The summed E-state index contributed by atoms with van der Waals surface area (Å²) < 4.78 is 5.23. The highest BCUT2D eigenvalue weighted by atomic mass is 16.5. The number of benzene rings is 2. The van der Waals surface area contributed by atoms with Gasteiger partial charge in [-0.25, -0.2) is 0 Å². The monoisotopic (exact) mass is 365 g/mol. The van der Waals surface area contributed by atoms with Crippen molar-refractivity contribution in [2.24, 2.45) is 5.92 Å². The number of hydrogen-bond acceptors (Lipinski definition) is 3. The summed E-state index contributed by atoms with van der Waals surface area (Å²) in [6.07, 6.45) is 1.78. The smallest absolute Gasteiger partial charge is 0.151 e. The van der Waals surface area contributed by atoms with Crippen molar-refractivity contribution in [2.45, 2.75) is 45.1 Å². The molecular weight excluding hydrogens is 334 g/mol. The van der Waals surface area contributed by atoms with E-state index in [4.69, 9.17) is 4.74 Å². The summed E-state index contributed by atoms with van der Waals surface area (Å²) in [6.45, 7) is 7.22. The zero-order chi connectivity index (χ0) is 19.6. The van der Waals surface area contributed by atoms with Gasteiger partial charge in [0.05, 0.1) is 13.7 Å². The number of methoxy groups -OCH3 is 1. The van der Waals surface area contributed by atoms with Gasteiger partial charge in [-0.2, -0.15) is 0 Å². The van der Waals surface area contributed by atoms with Crippen LogP contribution >= 0.6 is 0 Å². The van der Waals surface area contributed by atoms with Gasteiger partial charge in [0, 0.05) is 12.0 Å². The van der Waals surface area contributed by atoms with Gasteiger partial charge in [-0.1, -0.05) is 57.2 Å². The molecule has 27 heavy (non-hydrogen) atoms. The molecule has 0 aliphatic carbocycles. The first kappa shape index (κ1) is 19.6. The number of nitrogens with zero attached hydrogens (tertiary/aromatic N) is 1. The molecule has 0 bridgehead atoms. The number of carbonyl (C=O) groups is 1. The van der Waals surface area contributed by atoms with Gasteiger partial charge in [0.15, 0.2) is 5.78 Å².